The molecule has 0 rings (SSSR count). The first-order chi connectivity index (χ1) is 3.91. The Labute approximate surface area is 104 Å². The first kappa shape index (κ1) is 17.7. The maximum absolute atomic E-state index is 8.88. The number of hydrogen-bond donors (Lipinski definition) is 3. The van der Waals surface area contributed by atoms with Crippen molar-refractivity contribution in [1.29, 1.82) is 0 Å². The van der Waals surface area contributed by atoms with Crippen LogP contribution in [0.1, 0.15) is 19.8 Å². The molecule has 0 aliphatic heterocycles. The van der Waals surface area contributed by atoms with Crippen molar-refractivity contribution in [2.24, 2.45) is 0 Å². The fourth-order valence-electron chi connectivity index (χ4n) is 0. The van der Waals surface area contributed by atoms with Crippen LogP contribution in [-0.2, 0) is 4.57 Å². The smallest absolute Gasteiger partial charge is 0.343 e. The van der Waals surface area contributed by atoms with Gasteiger partial charge >= 0.3 is 59.2 Å². The fourth-order valence-corrected chi connectivity index (χ4v) is 0. The van der Waals surface area contributed by atoms with E-state index in [4.69, 9.17) is 19.2 Å². The topological polar surface area (TPSA) is 77.8 Å². The minimum Gasteiger partial charge on any atom is -0.343 e. The van der Waals surface area contributed by atoms with E-state index < -0.39 is 7.82 Å². The van der Waals surface area contributed by atoms with Crippen LogP contribution in [0.3, 0.4) is 0 Å². The Bertz CT molecular complexity index is 81.0. The third kappa shape index (κ3) is 98.9. The predicted octanol–water partition coefficient (Wildman–Crippen LogP) is -2.30. The van der Waals surface area contributed by atoms with Crippen LogP contribution in [0.4, 0.5) is 0 Å². The summed E-state index contributed by atoms with van der Waals surface area (Å²) in [4.78, 5) is 21.6. The van der Waals surface area contributed by atoms with Crippen LogP contribution in [0.15, 0.2) is 0 Å². The van der Waals surface area contributed by atoms with E-state index >= 15 is 0 Å². The van der Waals surface area contributed by atoms with Crippen LogP contribution in [0, 0.1) is 6.92 Å². The molecule has 4 nitrogen and oxygen atoms in total. The molecule has 0 saturated heterocycles. The predicted molar refractivity (Wildman–Crippen MR) is 34.5 cm³/mol. The monoisotopic (exact) mass is 194 g/mol. The maximum Gasteiger partial charge on any atom is 1.00 e. The Morgan fingerprint density at radius 3 is 1.50 bits per heavy atom. The van der Waals surface area contributed by atoms with E-state index in [0.717, 1.165) is 6.42 Å². The summed E-state index contributed by atoms with van der Waals surface area (Å²) in [5.41, 5.74) is 0. The molecule has 58 valence electrons. The largest absolute Gasteiger partial charge is 1.00 e. The van der Waals surface area contributed by atoms with E-state index in [0.29, 0.717) is 0 Å². The van der Waals surface area contributed by atoms with Gasteiger partial charge in [0.05, 0.1) is 0 Å². The summed E-state index contributed by atoms with van der Waals surface area (Å²) in [6, 6.07) is 0. The third-order valence-corrected chi connectivity index (χ3v) is 0.354. The summed E-state index contributed by atoms with van der Waals surface area (Å²) >= 11 is 0. The molecule has 0 aromatic heterocycles. The Balaban J connectivity index is -0.0000000910. The fraction of sp³-hybridized carbons (Fsp3) is 0.750. The van der Waals surface area contributed by atoms with Gasteiger partial charge in [-0.3, -0.25) is 0 Å². The van der Waals surface area contributed by atoms with Crippen LogP contribution in [0.2, 0.25) is 0 Å². The second-order valence-electron chi connectivity index (χ2n) is 1.37. The van der Waals surface area contributed by atoms with Gasteiger partial charge in [-0.05, 0) is 0 Å². The molecule has 0 aliphatic carbocycles. The van der Waals surface area contributed by atoms with Gasteiger partial charge in [0.15, 0.2) is 0 Å². The normalized spacial score (nSPS) is 8.90. The molecule has 0 amide bonds. The molecule has 0 radical (unpaired) electrons. The quantitative estimate of drug-likeness (QED) is 0.249. The Morgan fingerprint density at radius 1 is 1.40 bits per heavy atom. The third-order valence-electron chi connectivity index (χ3n) is 0.354. The van der Waals surface area contributed by atoms with E-state index in [1.54, 1.807) is 0 Å². The Kier molecular flexibility index (Phi) is 19.1. The molecule has 0 heterocycles. The summed E-state index contributed by atoms with van der Waals surface area (Å²) in [5.74, 6) is 0. The van der Waals surface area contributed by atoms with Gasteiger partial charge in [0.2, 0.25) is 0 Å². The molecule has 0 fully saturated rings. The molecule has 10 heavy (non-hydrogen) atoms. The molecule has 0 aromatic carbocycles. The zero-order chi connectivity index (χ0) is 7.91. The van der Waals surface area contributed by atoms with Crippen LogP contribution in [0.25, 0.3) is 0 Å². The Hall–Kier alpha value is 1.75. The number of phosphoric acid groups is 1. The minimum atomic E-state index is -4.64. The van der Waals surface area contributed by atoms with Crippen molar-refractivity contribution in [3.05, 3.63) is 6.92 Å². The average Bonchev–Trinajstić information content (AvgIpc) is 1.61. The zero-order valence-corrected chi connectivity index (χ0v) is 10.3. The molecular weight excluding hydrogens is 182 g/mol. The molecule has 0 aliphatic rings. The van der Waals surface area contributed by atoms with Crippen molar-refractivity contribution in [1.82, 2.24) is 0 Å². The van der Waals surface area contributed by atoms with Crippen LogP contribution >= 0.6 is 7.82 Å². The van der Waals surface area contributed by atoms with Crippen molar-refractivity contribution < 1.29 is 70.6 Å². The second-order valence-corrected chi connectivity index (χ2v) is 2.39. The number of rotatable bonds is 1. The molecule has 3 N–H and O–H groups in total. The molecule has 6 heteroatoms. The SMILES string of the molecule is O=P(O)(O)O.[CH2-]CCC.[K+]. The van der Waals surface area contributed by atoms with E-state index in [-0.39, 0.29) is 51.4 Å². The van der Waals surface area contributed by atoms with Crippen molar-refractivity contribution in [2.45, 2.75) is 19.8 Å². The van der Waals surface area contributed by atoms with Gasteiger partial charge in [-0.2, -0.15) is 6.42 Å². The molecule has 0 atom stereocenters. The first-order valence-corrected chi connectivity index (χ1v) is 4.05. The van der Waals surface area contributed by atoms with Crippen LogP contribution in [-0.4, -0.2) is 14.7 Å². The molecule has 0 bridgehead atoms. The second kappa shape index (κ2) is 10.7. The first-order valence-electron chi connectivity index (χ1n) is 2.49. The van der Waals surface area contributed by atoms with Gasteiger partial charge in [-0.25, -0.2) is 4.57 Å². The molecule has 0 aromatic rings. The van der Waals surface area contributed by atoms with Crippen LogP contribution in [0.5, 0.6) is 0 Å². The Morgan fingerprint density at radius 2 is 1.50 bits per heavy atom. The standard InChI is InChI=1S/C4H9.K.H3O4P/c1-3-4-2;;1-5(2,3)4/h1,3-4H2,2H3;;(H3,1,2,3,4)/q-1;+1;. The van der Waals surface area contributed by atoms with Gasteiger partial charge in [0.1, 0.15) is 0 Å². The summed E-state index contributed by atoms with van der Waals surface area (Å²) in [6.45, 7) is 5.72. The van der Waals surface area contributed by atoms with E-state index in [2.05, 4.69) is 13.8 Å². The zero-order valence-electron chi connectivity index (χ0n) is 6.32. The van der Waals surface area contributed by atoms with Crippen molar-refractivity contribution in [2.75, 3.05) is 0 Å². The van der Waals surface area contributed by atoms with Gasteiger partial charge in [0, 0.05) is 0 Å². The summed E-state index contributed by atoms with van der Waals surface area (Å²) in [7, 11) is -4.64. The van der Waals surface area contributed by atoms with Gasteiger partial charge in [-0.15, -0.1) is 0 Å². The van der Waals surface area contributed by atoms with Crippen molar-refractivity contribution in [3.8, 4) is 0 Å². The summed E-state index contributed by atoms with van der Waals surface area (Å²) < 4.78 is 8.88. The maximum atomic E-state index is 8.88. The van der Waals surface area contributed by atoms with Crippen LogP contribution < -0.4 is 51.4 Å². The average molecular weight is 194 g/mol. The number of unbranched alkanes of at least 4 members (excludes halogenated alkanes) is 1. The molecule has 0 spiro atoms. The van der Waals surface area contributed by atoms with E-state index in [9.17, 15) is 0 Å². The van der Waals surface area contributed by atoms with Gasteiger partial charge in [-0.1, -0.05) is 13.3 Å². The van der Waals surface area contributed by atoms with Crippen molar-refractivity contribution in [3.63, 3.8) is 0 Å². The van der Waals surface area contributed by atoms with E-state index in [1.165, 1.54) is 6.42 Å². The summed E-state index contributed by atoms with van der Waals surface area (Å²) in [6.07, 6.45) is 2.28. The van der Waals surface area contributed by atoms with Gasteiger partial charge in [0.25, 0.3) is 0 Å². The molecular formula is C4H12KO4P. The number of hydrogen-bond acceptors (Lipinski definition) is 1. The minimum absolute atomic E-state index is 0. The molecule has 0 saturated carbocycles. The van der Waals surface area contributed by atoms with Crippen molar-refractivity contribution >= 4 is 7.82 Å². The van der Waals surface area contributed by atoms with Gasteiger partial charge < -0.3 is 21.6 Å². The molecule has 0 unspecified atom stereocenters. The summed E-state index contributed by atoms with van der Waals surface area (Å²) in [5, 5.41) is 0. The van der Waals surface area contributed by atoms with E-state index in [1.807, 2.05) is 0 Å².